The van der Waals surface area contributed by atoms with Crippen LogP contribution in [0.2, 0.25) is 5.02 Å². The van der Waals surface area contributed by atoms with Gasteiger partial charge in [-0.1, -0.05) is 11.6 Å². The van der Waals surface area contributed by atoms with E-state index in [1.54, 1.807) is 11.8 Å². The zero-order valence-electron chi connectivity index (χ0n) is 14.8. The number of likely N-dealkylation sites (tertiary alicyclic amines) is 1. The van der Waals surface area contributed by atoms with Crippen LogP contribution in [0, 0.1) is 5.82 Å². The Balaban J connectivity index is 1.42. The molecule has 1 fully saturated rings. The molecule has 1 aliphatic heterocycles. The molecule has 2 aromatic rings. The Morgan fingerprint density at radius 2 is 1.70 bits per heavy atom. The van der Waals surface area contributed by atoms with Gasteiger partial charge >= 0.3 is 0 Å². The lowest BCUT2D eigenvalue weighted by atomic mass is 10.1. The molecule has 0 aromatic heterocycles. The van der Waals surface area contributed by atoms with E-state index in [9.17, 15) is 12.8 Å². The topological polar surface area (TPSA) is 49.4 Å². The quantitative estimate of drug-likeness (QED) is 0.677. The van der Waals surface area contributed by atoms with Crippen LogP contribution >= 0.6 is 23.4 Å². The maximum atomic E-state index is 13.0. The van der Waals surface area contributed by atoms with Gasteiger partial charge in [0.2, 0.25) is 10.0 Å². The van der Waals surface area contributed by atoms with Crippen molar-refractivity contribution in [2.45, 2.75) is 28.7 Å². The Bertz CT molecular complexity index is 837. The van der Waals surface area contributed by atoms with Crippen LogP contribution in [0.25, 0.3) is 0 Å². The van der Waals surface area contributed by atoms with Crippen molar-refractivity contribution in [1.29, 1.82) is 0 Å². The van der Waals surface area contributed by atoms with E-state index in [0.717, 1.165) is 55.4 Å². The van der Waals surface area contributed by atoms with Crippen LogP contribution in [0.15, 0.2) is 58.3 Å². The summed E-state index contributed by atoms with van der Waals surface area (Å²) in [7, 11) is -3.60. The summed E-state index contributed by atoms with van der Waals surface area (Å²) in [5, 5.41) is 0.740. The number of halogens is 2. The van der Waals surface area contributed by atoms with E-state index >= 15 is 0 Å². The largest absolute Gasteiger partial charge is 0.302 e. The highest BCUT2D eigenvalue weighted by Gasteiger charge is 2.24. The molecule has 8 heteroatoms. The molecule has 0 amide bonds. The Labute approximate surface area is 169 Å². The monoisotopic (exact) mass is 428 g/mol. The third kappa shape index (κ3) is 6.19. The summed E-state index contributed by atoms with van der Waals surface area (Å²) in [6, 6.07) is 12.6. The van der Waals surface area contributed by atoms with E-state index < -0.39 is 15.8 Å². The van der Waals surface area contributed by atoms with Crippen molar-refractivity contribution >= 4 is 33.4 Å². The zero-order chi connectivity index (χ0) is 19.3. The van der Waals surface area contributed by atoms with Gasteiger partial charge in [0.15, 0.2) is 0 Å². The third-order valence-corrected chi connectivity index (χ3v) is 7.30. The van der Waals surface area contributed by atoms with Crippen LogP contribution in [0.3, 0.4) is 0 Å². The molecule has 0 unspecified atom stereocenters. The summed E-state index contributed by atoms with van der Waals surface area (Å²) < 4.78 is 40.5. The Kier molecular flexibility index (Phi) is 7.16. The first kappa shape index (κ1) is 20.6. The van der Waals surface area contributed by atoms with Crippen molar-refractivity contribution in [3.05, 3.63) is 59.4 Å². The highest BCUT2D eigenvalue weighted by atomic mass is 35.5. The van der Waals surface area contributed by atoms with Crippen LogP contribution in [-0.2, 0) is 10.0 Å². The zero-order valence-corrected chi connectivity index (χ0v) is 17.2. The number of rotatable bonds is 7. The van der Waals surface area contributed by atoms with Gasteiger partial charge in [0.25, 0.3) is 0 Å². The normalized spacial score (nSPS) is 16.5. The van der Waals surface area contributed by atoms with Gasteiger partial charge in [0.1, 0.15) is 5.82 Å². The Hall–Kier alpha value is -1.12. The summed E-state index contributed by atoms with van der Waals surface area (Å²) in [6.45, 7) is 2.68. The van der Waals surface area contributed by atoms with E-state index in [1.807, 2.05) is 24.3 Å². The molecule has 0 atom stereocenters. The van der Waals surface area contributed by atoms with Crippen molar-refractivity contribution in [2.24, 2.45) is 0 Å². The molecule has 0 radical (unpaired) electrons. The van der Waals surface area contributed by atoms with Gasteiger partial charge in [-0.3, -0.25) is 0 Å². The van der Waals surface area contributed by atoms with Crippen molar-refractivity contribution in [3.63, 3.8) is 0 Å². The Morgan fingerprint density at radius 1 is 1.07 bits per heavy atom. The number of thioether (sulfide) groups is 1. The van der Waals surface area contributed by atoms with E-state index in [0.29, 0.717) is 0 Å². The summed E-state index contributed by atoms with van der Waals surface area (Å²) >= 11 is 7.68. The molecular weight excluding hydrogens is 407 g/mol. The number of hydrogen-bond donors (Lipinski definition) is 1. The SMILES string of the molecule is O=S(=O)(NC1CCN(CCSc2ccc(Cl)cc2)CC1)c1ccc(F)cc1. The molecule has 0 aliphatic carbocycles. The maximum Gasteiger partial charge on any atom is 0.240 e. The fourth-order valence-corrected chi connectivity index (χ4v) is 5.34. The average molecular weight is 429 g/mol. The van der Waals surface area contributed by atoms with Gasteiger partial charge in [-0.25, -0.2) is 17.5 Å². The van der Waals surface area contributed by atoms with Gasteiger partial charge in [-0.15, -0.1) is 11.8 Å². The maximum absolute atomic E-state index is 13.0. The summed E-state index contributed by atoms with van der Waals surface area (Å²) in [6.07, 6.45) is 1.54. The van der Waals surface area contributed by atoms with Gasteiger partial charge in [0.05, 0.1) is 4.90 Å². The lowest BCUT2D eigenvalue weighted by Crippen LogP contribution is -2.45. The number of nitrogens with zero attached hydrogens (tertiary/aromatic N) is 1. The number of benzene rings is 2. The van der Waals surface area contributed by atoms with E-state index in [4.69, 9.17) is 11.6 Å². The fraction of sp³-hybridized carbons (Fsp3) is 0.368. The predicted molar refractivity (Wildman–Crippen MR) is 108 cm³/mol. The molecule has 0 bridgehead atoms. The van der Waals surface area contributed by atoms with Gasteiger partial charge < -0.3 is 4.90 Å². The number of hydrogen-bond acceptors (Lipinski definition) is 4. The molecule has 3 rings (SSSR count). The van der Waals surface area contributed by atoms with Crippen molar-refractivity contribution in [3.8, 4) is 0 Å². The van der Waals surface area contributed by atoms with Crippen LogP contribution in [0.5, 0.6) is 0 Å². The van der Waals surface area contributed by atoms with Crippen LogP contribution in [-0.4, -0.2) is 44.7 Å². The van der Waals surface area contributed by atoms with Crippen molar-refractivity contribution in [1.82, 2.24) is 9.62 Å². The van der Waals surface area contributed by atoms with Gasteiger partial charge in [0, 0.05) is 28.3 Å². The minimum atomic E-state index is -3.60. The van der Waals surface area contributed by atoms with Gasteiger partial charge in [-0.2, -0.15) is 0 Å². The molecule has 2 aromatic carbocycles. The molecule has 1 N–H and O–H groups in total. The predicted octanol–water partition coefficient (Wildman–Crippen LogP) is 4.01. The second-order valence-electron chi connectivity index (χ2n) is 6.49. The second kappa shape index (κ2) is 9.39. The van der Waals surface area contributed by atoms with Crippen molar-refractivity contribution in [2.75, 3.05) is 25.4 Å². The lowest BCUT2D eigenvalue weighted by Gasteiger charge is -2.32. The number of sulfonamides is 1. The molecule has 1 aliphatic rings. The van der Waals surface area contributed by atoms with Crippen LogP contribution in [0.1, 0.15) is 12.8 Å². The number of piperidine rings is 1. The first-order valence-corrected chi connectivity index (χ1v) is 11.7. The highest BCUT2D eigenvalue weighted by Crippen LogP contribution is 2.21. The van der Waals surface area contributed by atoms with E-state index in [2.05, 4.69) is 9.62 Å². The first-order chi connectivity index (χ1) is 12.9. The van der Waals surface area contributed by atoms with Crippen LogP contribution in [0.4, 0.5) is 4.39 Å². The van der Waals surface area contributed by atoms with Gasteiger partial charge in [-0.05, 0) is 74.5 Å². The molecule has 0 spiro atoms. The second-order valence-corrected chi connectivity index (χ2v) is 9.81. The standard InChI is InChI=1S/C19H22ClFN2O2S2/c20-15-1-5-18(6-2-15)26-14-13-23-11-9-17(10-12-23)22-27(24,25)19-7-3-16(21)4-8-19/h1-8,17,22H,9-14H2. The molecule has 1 heterocycles. The summed E-state index contributed by atoms with van der Waals surface area (Å²) in [4.78, 5) is 3.65. The number of nitrogens with one attached hydrogen (secondary N) is 1. The third-order valence-electron chi connectivity index (χ3n) is 4.52. The molecular formula is C19H22ClFN2O2S2. The molecule has 146 valence electrons. The Morgan fingerprint density at radius 3 is 2.33 bits per heavy atom. The van der Waals surface area contributed by atoms with E-state index in [-0.39, 0.29) is 10.9 Å². The highest BCUT2D eigenvalue weighted by molar-refractivity contribution is 7.99. The van der Waals surface area contributed by atoms with Crippen molar-refractivity contribution < 1.29 is 12.8 Å². The summed E-state index contributed by atoms with van der Waals surface area (Å²) in [5.41, 5.74) is 0. The average Bonchev–Trinajstić information content (AvgIpc) is 2.65. The molecule has 27 heavy (non-hydrogen) atoms. The first-order valence-electron chi connectivity index (χ1n) is 8.81. The molecule has 4 nitrogen and oxygen atoms in total. The smallest absolute Gasteiger partial charge is 0.240 e. The minimum absolute atomic E-state index is 0.0831. The lowest BCUT2D eigenvalue weighted by molar-refractivity contribution is 0.218. The fourth-order valence-electron chi connectivity index (χ4n) is 3.00. The van der Waals surface area contributed by atoms with E-state index in [1.165, 1.54) is 17.0 Å². The van der Waals surface area contributed by atoms with Crippen LogP contribution < -0.4 is 4.72 Å². The molecule has 1 saturated heterocycles. The summed E-state index contributed by atoms with van der Waals surface area (Å²) in [5.74, 6) is 0.534. The minimum Gasteiger partial charge on any atom is -0.302 e. The molecule has 0 saturated carbocycles.